The number of benzene rings is 2. The molecule has 0 atom stereocenters. The van der Waals surface area contributed by atoms with Gasteiger partial charge in [0.25, 0.3) is 0 Å². The Morgan fingerprint density at radius 1 is 0.929 bits per heavy atom. The molecule has 0 radical (unpaired) electrons. The number of hydrogen-bond donors (Lipinski definition) is 0. The first-order chi connectivity index (χ1) is 13.2. The number of carbonyl (C=O) groups excluding carboxylic acids is 1. The molecule has 2 aromatic rings. The molecule has 150 valence electrons. The predicted octanol–water partition coefficient (Wildman–Crippen LogP) is 2.49. The van der Waals surface area contributed by atoms with Crippen molar-refractivity contribution < 1.29 is 26.4 Å². The van der Waals surface area contributed by atoms with Crippen LogP contribution in [0.4, 0.5) is 13.2 Å². The second kappa shape index (κ2) is 7.92. The zero-order valence-corrected chi connectivity index (χ0v) is 16.0. The van der Waals surface area contributed by atoms with Crippen molar-refractivity contribution in [1.82, 2.24) is 9.21 Å². The average molecular weight is 412 g/mol. The highest BCUT2D eigenvalue weighted by molar-refractivity contribution is 7.89. The van der Waals surface area contributed by atoms with E-state index >= 15 is 0 Å². The van der Waals surface area contributed by atoms with Crippen LogP contribution in [0.2, 0.25) is 0 Å². The van der Waals surface area contributed by atoms with E-state index in [1.54, 1.807) is 0 Å². The van der Waals surface area contributed by atoms with Gasteiger partial charge in [0.05, 0.1) is 6.42 Å². The summed E-state index contributed by atoms with van der Waals surface area (Å²) in [6, 6.07) is 8.82. The van der Waals surface area contributed by atoms with Crippen LogP contribution in [0.5, 0.6) is 0 Å². The molecule has 1 aliphatic rings. The van der Waals surface area contributed by atoms with Crippen molar-refractivity contribution in [3.05, 3.63) is 65.0 Å². The summed E-state index contributed by atoms with van der Waals surface area (Å²) >= 11 is 0. The molecule has 0 bridgehead atoms. The van der Waals surface area contributed by atoms with Crippen molar-refractivity contribution in [2.24, 2.45) is 0 Å². The van der Waals surface area contributed by atoms with Gasteiger partial charge in [-0.05, 0) is 24.6 Å². The zero-order valence-electron chi connectivity index (χ0n) is 15.2. The minimum Gasteiger partial charge on any atom is -0.340 e. The van der Waals surface area contributed by atoms with E-state index in [0.717, 1.165) is 15.4 Å². The van der Waals surface area contributed by atoms with Crippen molar-refractivity contribution in [1.29, 1.82) is 0 Å². The van der Waals surface area contributed by atoms with Crippen LogP contribution in [0.1, 0.15) is 11.1 Å². The van der Waals surface area contributed by atoms with Crippen LogP contribution in [0.3, 0.4) is 0 Å². The predicted molar refractivity (Wildman–Crippen MR) is 96.5 cm³/mol. The SMILES string of the molecule is Cc1ccc(CC(=O)N2CCN(S(=O)(=O)c3ccc(F)c(F)c3F)CC2)cc1. The maximum atomic E-state index is 13.9. The summed E-state index contributed by atoms with van der Waals surface area (Å²) in [5, 5.41) is 0. The summed E-state index contributed by atoms with van der Waals surface area (Å²) in [5.41, 5.74) is 1.94. The minimum atomic E-state index is -4.33. The Morgan fingerprint density at radius 2 is 1.54 bits per heavy atom. The molecule has 1 aliphatic heterocycles. The van der Waals surface area contributed by atoms with E-state index in [2.05, 4.69) is 0 Å². The van der Waals surface area contributed by atoms with Gasteiger partial charge in [0.15, 0.2) is 17.5 Å². The average Bonchev–Trinajstić information content (AvgIpc) is 2.68. The van der Waals surface area contributed by atoms with Crippen molar-refractivity contribution in [3.63, 3.8) is 0 Å². The minimum absolute atomic E-state index is 0.0552. The number of piperazine rings is 1. The summed E-state index contributed by atoms with van der Waals surface area (Å²) in [7, 11) is -4.33. The van der Waals surface area contributed by atoms with Gasteiger partial charge in [0.2, 0.25) is 15.9 Å². The third kappa shape index (κ3) is 4.05. The zero-order chi connectivity index (χ0) is 20.5. The van der Waals surface area contributed by atoms with E-state index in [1.165, 1.54) is 4.90 Å². The molecule has 3 rings (SSSR count). The van der Waals surface area contributed by atoms with Crippen LogP contribution in [0.15, 0.2) is 41.3 Å². The lowest BCUT2D eigenvalue weighted by atomic mass is 10.1. The van der Waals surface area contributed by atoms with Gasteiger partial charge in [0.1, 0.15) is 4.90 Å². The number of amides is 1. The van der Waals surface area contributed by atoms with Gasteiger partial charge in [-0.2, -0.15) is 4.31 Å². The van der Waals surface area contributed by atoms with Crippen LogP contribution < -0.4 is 0 Å². The Hall–Kier alpha value is -2.39. The van der Waals surface area contributed by atoms with E-state index in [-0.39, 0.29) is 38.5 Å². The first-order valence-electron chi connectivity index (χ1n) is 8.67. The van der Waals surface area contributed by atoms with Crippen molar-refractivity contribution in [2.75, 3.05) is 26.2 Å². The first-order valence-corrected chi connectivity index (χ1v) is 10.1. The Bertz CT molecular complexity index is 986. The topological polar surface area (TPSA) is 57.7 Å². The molecule has 0 saturated carbocycles. The van der Waals surface area contributed by atoms with Gasteiger partial charge in [-0.3, -0.25) is 4.79 Å². The molecule has 1 saturated heterocycles. The molecule has 0 aliphatic carbocycles. The van der Waals surface area contributed by atoms with Gasteiger partial charge >= 0.3 is 0 Å². The number of sulfonamides is 1. The third-order valence-corrected chi connectivity index (χ3v) is 6.60. The number of hydrogen-bond acceptors (Lipinski definition) is 3. The lowest BCUT2D eigenvalue weighted by molar-refractivity contribution is -0.131. The Balaban J connectivity index is 1.67. The van der Waals surface area contributed by atoms with Gasteiger partial charge in [-0.25, -0.2) is 21.6 Å². The molecule has 0 N–H and O–H groups in total. The molecular formula is C19H19F3N2O3S. The van der Waals surface area contributed by atoms with Crippen molar-refractivity contribution in [3.8, 4) is 0 Å². The second-order valence-corrected chi connectivity index (χ2v) is 8.53. The highest BCUT2D eigenvalue weighted by atomic mass is 32.2. The van der Waals surface area contributed by atoms with E-state index < -0.39 is 32.4 Å². The molecule has 1 amide bonds. The molecule has 9 heteroatoms. The maximum Gasteiger partial charge on any atom is 0.246 e. The summed E-state index contributed by atoms with van der Waals surface area (Å²) in [6.45, 7) is 2.10. The third-order valence-electron chi connectivity index (χ3n) is 4.68. The standard InChI is InChI=1S/C19H19F3N2O3S/c1-13-2-4-14(5-3-13)12-17(25)23-8-10-24(11-9-23)28(26,27)16-7-6-15(20)18(21)19(16)22/h2-7H,8-12H2,1H3. The Kier molecular flexibility index (Phi) is 5.76. The number of aryl methyl sites for hydroxylation is 1. The van der Waals surface area contributed by atoms with Crippen molar-refractivity contribution >= 4 is 15.9 Å². The normalized spacial score (nSPS) is 15.6. The maximum absolute atomic E-state index is 13.9. The molecule has 1 fully saturated rings. The van der Waals surface area contributed by atoms with E-state index in [0.29, 0.717) is 12.1 Å². The molecule has 1 heterocycles. The molecular weight excluding hydrogens is 393 g/mol. The largest absolute Gasteiger partial charge is 0.340 e. The van der Waals surface area contributed by atoms with Crippen LogP contribution in [0, 0.1) is 24.4 Å². The Labute approximate surface area is 161 Å². The van der Waals surface area contributed by atoms with Crippen LogP contribution in [-0.4, -0.2) is 49.7 Å². The molecule has 2 aromatic carbocycles. The van der Waals surface area contributed by atoms with Crippen LogP contribution in [-0.2, 0) is 21.2 Å². The summed E-state index contributed by atoms with van der Waals surface area (Å²) in [5.74, 6) is -5.16. The Morgan fingerprint density at radius 3 is 2.14 bits per heavy atom. The lowest BCUT2D eigenvalue weighted by Crippen LogP contribution is -2.51. The fourth-order valence-electron chi connectivity index (χ4n) is 3.02. The molecule has 5 nitrogen and oxygen atoms in total. The van der Waals surface area contributed by atoms with E-state index in [4.69, 9.17) is 0 Å². The van der Waals surface area contributed by atoms with Crippen LogP contribution in [0.25, 0.3) is 0 Å². The summed E-state index contributed by atoms with van der Waals surface area (Å²) < 4.78 is 66.5. The lowest BCUT2D eigenvalue weighted by Gasteiger charge is -2.34. The molecule has 0 aromatic heterocycles. The number of halogens is 3. The molecule has 0 unspecified atom stereocenters. The van der Waals surface area contributed by atoms with Gasteiger partial charge in [0, 0.05) is 26.2 Å². The smallest absolute Gasteiger partial charge is 0.246 e. The highest BCUT2D eigenvalue weighted by Crippen LogP contribution is 2.24. The van der Waals surface area contributed by atoms with E-state index in [9.17, 15) is 26.4 Å². The number of rotatable bonds is 4. The highest BCUT2D eigenvalue weighted by Gasteiger charge is 2.33. The number of nitrogens with zero attached hydrogens (tertiary/aromatic N) is 2. The van der Waals surface area contributed by atoms with Gasteiger partial charge in [-0.1, -0.05) is 29.8 Å². The molecule has 0 spiro atoms. The van der Waals surface area contributed by atoms with Crippen molar-refractivity contribution in [2.45, 2.75) is 18.2 Å². The quantitative estimate of drug-likeness (QED) is 0.725. The first kappa shape index (κ1) is 20.3. The van der Waals surface area contributed by atoms with E-state index in [1.807, 2.05) is 31.2 Å². The fraction of sp³-hybridized carbons (Fsp3) is 0.316. The number of carbonyl (C=O) groups is 1. The monoisotopic (exact) mass is 412 g/mol. The van der Waals surface area contributed by atoms with Crippen LogP contribution >= 0.6 is 0 Å². The summed E-state index contributed by atoms with van der Waals surface area (Å²) in [4.78, 5) is 13.0. The fourth-order valence-corrected chi connectivity index (χ4v) is 4.49. The molecule has 28 heavy (non-hydrogen) atoms. The summed E-state index contributed by atoms with van der Waals surface area (Å²) in [6.07, 6.45) is 0.199. The van der Waals surface area contributed by atoms with Gasteiger partial charge < -0.3 is 4.90 Å². The second-order valence-electron chi connectivity index (χ2n) is 6.62. The van der Waals surface area contributed by atoms with Gasteiger partial charge in [-0.15, -0.1) is 0 Å².